The largest absolute Gasteiger partial charge is 0.356 e. The molecule has 2 fully saturated rings. The normalized spacial score (nSPS) is 18.1. The van der Waals surface area contributed by atoms with Gasteiger partial charge >= 0.3 is 0 Å². The molecule has 2 aliphatic rings. The van der Waals surface area contributed by atoms with Crippen LogP contribution in [0.15, 0.2) is 35.6 Å². The first kappa shape index (κ1) is 25.8. The number of thioether (sulfide) groups is 1. The van der Waals surface area contributed by atoms with Gasteiger partial charge in [0, 0.05) is 49.1 Å². The fourth-order valence-electron chi connectivity index (χ4n) is 4.87. The molecule has 0 aliphatic carbocycles. The Kier molecular flexibility index (Phi) is 8.14. The van der Waals surface area contributed by atoms with Crippen molar-refractivity contribution in [3.8, 4) is 0 Å². The number of benzene rings is 1. The van der Waals surface area contributed by atoms with Gasteiger partial charge < -0.3 is 15.1 Å². The van der Waals surface area contributed by atoms with Gasteiger partial charge in [-0.05, 0) is 49.9 Å². The van der Waals surface area contributed by atoms with E-state index >= 15 is 0 Å². The van der Waals surface area contributed by atoms with Crippen LogP contribution in [0.2, 0.25) is 5.02 Å². The Bertz CT molecular complexity index is 1260. The summed E-state index contributed by atoms with van der Waals surface area (Å²) in [5.74, 6) is 1.36. The van der Waals surface area contributed by atoms with Crippen LogP contribution in [0.25, 0.3) is 11.0 Å². The van der Waals surface area contributed by atoms with Crippen LogP contribution < -0.4 is 15.1 Å². The number of hydrogen-bond acceptors (Lipinski definition) is 7. The van der Waals surface area contributed by atoms with Gasteiger partial charge in [0.2, 0.25) is 11.8 Å². The van der Waals surface area contributed by atoms with Gasteiger partial charge in [0.15, 0.2) is 10.8 Å². The summed E-state index contributed by atoms with van der Waals surface area (Å²) in [6, 6.07) is 7.10. The Labute approximate surface area is 225 Å². The Morgan fingerprint density at radius 3 is 2.70 bits per heavy atom. The van der Waals surface area contributed by atoms with Gasteiger partial charge in [0.1, 0.15) is 5.82 Å². The molecule has 2 amide bonds. The van der Waals surface area contributed by atoms with Crippen LogP contribution in [-0.4, -0.2) is 63.5 Å². The lowest BCUT2D eigenvalue weighted by molar-refractivity contribution is -0.126. The molecule has 0 spiro atoms. The minimum Gasteiger partial charge on any atom is -0.356 e. The van der Waals surface area contributed by atoms with Crippen molar-refractivity contribution in [2.75, 3.05) is 41.7 Å². The lowest BCUT2D eigenvalue weighted by Gasteiger charge is -2.28. The molecule has 9 nitrogen and oxygen atoms in total. The van der Waals surface area contributed by atoms with Crippen molar-refractivity contribution in [2.45, 2.75) is 50.7 Å². The fraction of sp³-hybridized carbons (Fsp3) is 0.500. The smallest absolute Gasteiger partial charge is 0.227 e. The Morgan fingerprint density at radius 2 is 1.95 bits per heavy atom. The number of nitrogens with one attached hydrogen (secondary N) is 1. The van der Waals surface area contributed by atoms with E-state index in [4.69, 9.17) is 21.6 Å². The molecule has 37 heavy (non-hydrogen) atoms. The highest BCUT2D eigenvalue weighted by molar-refractivity contribution is 7.99. The maximum Gasteiger partial charge on any atom is 0.227 e. The van der Waals surface area contributed by atoms with E-state index in [1.807, 2.05) is 10.9 Å². The molecule has 1 N–H and O–H groups in total. The molecule has 3 aromatic rings. The lowest BCUT2D eigenvalue weighted by Crippen LogP contribution is -2.35. The van der Waals surface area contributed by atoms with Gasteiger partial charge in [-0.15, -0.1) is 0 Å². The number of rotatable bonds is 9. The number of amides is 2. The van der Waals surface area contributed by atoms with E-state index in [1.54, 1.807) is 40.9 Å². The second-order valence-corrected chi connectivity index (χ2v) is 11.0. The SMILES string of the molecule is CCCSc1nc(N2CCCCC2)c2cnn(CCNC(=O)C3CC(=O)N(c4ccc(Cl)cc4)C3)c2n1. The number of piperidine rings is 1. The summed E-state index contributed by atoms with van der Waals surface area (Å²) >= 11 is 7.63. The van der Waals surface area contributed by atoms with Crippen molar-refractivity contribution in [1.82, 2.24) is 25.1 Å². The molecule has 0 saturated carbocycles. The molecule has 2 aliphatic heterocycles. The molecule has 2 saturated heterocycles. The van der Waals surface area contributed by atoms with Crippen LogP contribution in [0.3, 0.4) is 0 Å². The summed E-state index contributed by atoms with van der Waals surface area (Å²) in [7, 11) is 0. The van der Waals surface area contributed by atoms with E-state index in [9.17, 15) is 9.59 Å². The Morgan fingerprint density at radius 1 is 1.16 bits per heavy atom. The third kappa shape index (κ3) is 5.85. The number of hydrogen-bond donors (Lipinski definition) is 1. The quantitative estimate of drug-likeness (QED) is 0.321. The summed E-state index contributed by atoms with van der Waals surface area (Å²) in [5.41, 5.74) is 1.56. The lowest BCUT2D eigenvalue weighted by atomic mass is 10.1. The number of halogens is 1. The Balaban J connectivity index is 1.25. The van der Waals surface area contributed by atoms with Crippen molar-refractivity contribution in [2.24, 2.45) is 5.92 Å². The molecule has 1 aromatic carbocycles. The van der Waals surface area contributed by atoms with Crippen molar-refractivity contribution in [3.05, 3.63) is 35.5 Å². The first-order valence-electron chi connectivity index (χ1n) is 13.0. The van der Waals surface area contributed by atoms with E-state index in [-0.39, 0.29) is 24.2 Å². The van der Waals surface area contributed by atoms with E-state index in [0.717, 1.165) is 53.0 Å². The first-order valence-corrected chi connectivity index (χ1v) is 14.3. The summed E-state index contributed by atoms with van der Waals surface area (Å²) in [6.45, 7) is 5.40. The van der Waals surface area contributed by atoms with Crippen molar-refractivity contribution in [1.29, 1.82) is 0 Å². The summed E-state index contributed by atoms with van der Waals surface area (Å²) in [6.07, 6.45) is 6.68. The number of fused-ring (bicyclic) bond motifs is 1. The zero-order valence-corrected chi connectivity index (χ0v) is 22.6. The van der Waals surface area contributed by atoms with Gasteiger partial charge in [0.25, 0.3) is 0 Å². The number of nitrogens with zero attached hydrogens (tertiary/aromatic N) is 6. The average molecular weight is 542 g/mol. The standard InChI is InChI=1S/C26H32ClN7O2S/c1-2-14-37-26-30-23(32-11-4-3-5-12-32)21-16-29-34(24(21)31-26)13-10-28-25(36)18-15-22(35)33(17-18)20-8-6-19(27)7-9-20/h6-9,16,18H,2-5,10-15,17H2,1H3,(H,28,36). The minimum atomic E-state index is -0.386. The average Bonchev–Trinajstić information content (AvgIpc) is 3.51. The number of carbonyl (C=O) groups is 2. The van der Waals surface area contributed by atoms with E-state index < -0.39 is 0 Å². The van der Waals surface area contributed by atoms with Gasteiger partial charge in [-0.25, -0.2) is 14.6 Å². The third-order valence-corrected chi connectivity index (χ3v) is 8.11. The van der Waals surface area contributed by atoms with Gasteiger partial charge in [-0.3, -0.25) is 9.59 Å². The zero-order chi connectivity index (χ0) is 25.8. The molecule has 0 bridgehead atoms. The number of aromatic nitrogens is 4. The Hall–Kier alpha value is -2.85. The maximum absolute atomic E-state index is 12.9. The monoisotopic (exact) mass is 541 g/mol. The van der Waals surface area contributed by atoms with Crippen LogP contribution in [-0.2, 0) is 16.1 Å². The van der Waals surface area contributed by atoms with E-state index in [1.165, 1.54) is 19.3 Å². The summed E-state index contributed by atoms with van der Waals surface area (Å²) < 4.78 is 1.85. The van der Waals surface area contributed by atoms with E-state index in [0.29, 0.717) is 24.7 Å². The van der Waals surface area contributed by atoms with Crippen LogP contribution in [0.1, 0.15) is 39.0 Å². The van der Waals surface area contributed by atoms with Crippen LogP contribution in [0.4, 0.5) is 11.5 Å². The highest BCUT2D eigenvalue weighted by Crippen LogP contribution is 2.30. The molecular formula is C26H32ClN7O2S. The first-order chi connectivity index (χ1) is 18.0. The van der Waals surface area contributed by atoms with Gasteiger partial charge in [-0.2, -0.15) is 5.10 Å². The van der Waals surface area contributed by atoms with Crippen LogP contribution in [0.5, 0.6) is 0 Å². The third-order valence-electron chi connectivity index (χ3n) is 6.80. The molecule has 4 heterocycles. The fourth-order valence-corrected chi connectivity index (χ4v) is 5.69. The topological polar surface area (TPSA) is 96.2 Å². The minimum absolute atomic E-state index is 0.0559. The second-order valence-electron chi connectivity index (χ2n) is 9.50. The van der Waals surface area contributed by atoms with Gasteiger partial charge in [-0.1, -0.05) is 30.3 Å². The summed E-state index contributed by atoms with van der Waals surface area (Å²) in [4.78, 5) is 39.1. The maximum atomic E-state index is 12.9. The van der Waals surface area contributed by atoms with Crippen molar-refractivity contribution in [3.63, 3.8) is 0 Å². The highest BCUT2D eigenvalue weighted by Gasteiger charge is 2.35. The second kappa shape index (κ2) is 11.7. The predicted octanol–water partition coefficient (Wildman–Crippen LogP) is 4.14. The van der Waals surface area contributed by atoms with E-state index in [2.05, 4.69) is 22.2 Å². The zero-order valence-electron chi connectivity index (χ0n) is 21.0. The molecule has 11 heteroatoms. The summed E-state index contributed by atoms with van der Waals surface area (Å²) in [5, 5.41) is 9.92. The molecule has 5 rings (SSSR count). The molecular weight excluding hydrogens is 510 g/mol. The molecule has 0 radical (unpaired) electrons. The van der Waals surface area contributed by atoms with Crippen molar-refractivity contribution >= 4 is 57.7 Å². The van der Waals surface area contributed by atoms with Crippen molar-refractivity contribution < 1.29 is 9.59 Å². The molecule has 1 atom stereocenters. The molecule has 2 aromatic heterocycles. The molecule has 196 valence electrons. The van der Waals surface area contributed by atoms with Crippen LogP contribution in [0, 0.1) is 5.92 Å². The highest BCUT2D eigenvalue weighted by atomic mass is 35.5. The molecule has 1 unspecified atom stereocenters. The number of carbonyl (C=O) groups excluding carboxylic acids is 2. The predicted molar refractivity (Wildman–Crippen MR) is 147 cm³/mol. The number of anilines is 2. The van der Waals surface area contributed by atoms with Gasteiger partial charge in [0.05, 0.1) is 24.0 Å². The van der Waals surface area contributed by atoms with Crippen LogP contribution >= 0.6 is 23.4 Å².